The molecule has 0 unspecified atom stereocenters. The molecule has 2 aliphatic rings. The highest BCUT2D eigenvalue weighted by molar-refractivity contribution is 5.77. The Hall–Kier alpha value is -2.02. The van der Waals surface area contributed by atoms with Gasteiger partial charge < -0.3 is 14.9 Å². The summed E-state index contributed by atoms with van der Waals surface area (Å²) in [4.78, 5) is 11.0. The van der Waals surface area contributed by atoms with Crippen LogP contribution < -0.4 is 20.7 Å². The van der Waals surface area contributed by atoms with Gasteiger partial charge in [-0.2, -0.15) is 0 Å². The number of hydrogen-bond acceptors (Lipinski definition) is 6. The van der Waals surface area contributed by atoms with Crippen molar-refractivity contribution in [1.82, 2.24) is 0 Å². The lowest BCUT2D eigenvalue weighted by atomic mass is 9.94. The Labute approximate surface area is 109 Å². The largest absolute Gasteiger partial charge is 0.491 e. The molecule has 0 aromatic heterocycles. The van der Waals surface area contributed by atoms with Gasteiger partial charge in [0.15, 0.2) is 5.75 Å². The number of ether oxygens (including phenoxy) is 2. The number of hydrazine groups is 1. The Morgan fingerprint density at radius 3 is 2.37 bits per heavy atom. The summed E-state index contributed by atoms with van der Waals surface area (Å²) in [6, 6.07) is 0. The van der Waals surface area contributed by atoms with E-state index >= 15 is 0 Å². The van der Waals surface area contributed by atoms with Crippen molar-refractivity contribution in [3.05, 3.63) is 21.2 Å². The minimum Gasteiger partial charge on any atom is -0.491 e. The summed E-state index contributed by atoms with van der Waals surface area (Å²) < 4.78 is 11.1. The molecule has 7 nitrogen and oxygen atoms in total. The first-order valence-electron chi connectivity index (χ1n) is 6.32. The summed E-state index contributed by atoms with van der Waals surface area (Å²) in [5.41, 5.74) is 4.64. The molecule has 7 heteroatoms. The third-order valence-corrected chi connectivity index (χ3v) is 3.54. The molecule has 3 N–H and O–H groups in total. The van der Waals surface area contributed by atoms with Gasteiger partial charge in [0, 0.05) is 5.56 Å². The fourth-order valence-corrected chi connectivity index (χ4v) is 2.77. The lowest BCUT2D eigenvalue weighted by Crippen LogP contribution is -2.21. The van der Waals surface area contributed by atoms with Gasteiger partial charge in [-0.25, -0.2) is 0 Å². The first-order chi connectivity index (χ1) is 9.24. The van der Waals surface area contributed by atoms with Gasteiger partial charge >= 0.3 is 5.69 Å². The average Bonchev–Trinajstić information content (AvgIpc) is 2.44. The molecule has 0 atom stereocenters. The highest BCUT2D eigenvalue weighted by Crippen LogP contribution is 2.50. The van der Waals surface area contributed by atoms with Crippen LogP contribution in [0.5, 0.6) is 11.5 Å². The van der Waals surface area contributed by atoms with Crippen molar-refractivity contribution in [2.45, 2.75) is 25.7 Å². The molecule has 0 aliphatic carbocycles. The quantitative estimate of drug-likeness (QED) is 0.478. The second kappa shape index (κ2) is 4.58. The first kappa shape index (κ1) is 12.0. The minimum absolute atomic E-state index is 0.0448. The first-order valence-corrected chi connectivity index (χ1v) is 6.32. The van der Waals surface area contributed by atoms with E-state index in [0.717, 1.165) is 18.4 Å². The van der Waals surface area contributed by atoms with Crippen molar-refractivity contribution in [3.63, 3.8) is 0 Å². The lowest BCUT2D eigenvalue weighted by molar-refractivity contribution is -0.386. The summed E-state index contributed by atoms with van der Waals surface area (Å²) >= 11 is 0. The van der Waals surface area contributed by atoms with Crippen molar-refractivity contribution in [2.24, 2.45) is 5.84 Å². The zero-order chi connectivity index (χ0) is 13.4. The number of nitrogens with zero attached hydrogens (tertiary/aromatic N) is 1. The molecule has 0 saturated heterocycles. The molecule has 0 amide bonds. The molecular weight excluding hydrogens is 250 g/mol. The Morgan fingerprint density at radius 1 is 1.11 bits per heavy atom. The molecule has 2 heterocycles. The maximum absolute atomic E-state index is 11.4. The molecule has 0 saturated carbocycles. The Bertz CT molecular complexity index is 507. The van der Waals surface area contributed by atoms with E-state index < -0.39 is 0 Å². The average molecular weight is 265 g/mol. The standard InChI is InChI=1S/C12H15N3O4/c13-14-9-7-3-1-6-19-12(7)10(15(16)17)8-4-2-5-18-11(8)9/h14H,1-6,13H2. The Balaban J connectivity index is 2.31. The Morgan fingerprint density at radius 2 is 1.74 bits per heavy atom. The maximum atomic E-state index is 11.4. The molecule has 1 aromatic carbocycles. The van der Waals surface area contributed by atoms with E-state index in [1.54, 1.807) is 0 Å². The van der Waals surface area contributed by atoms with E-state index in [-0.39, 0.29) is 10.6 Å². The van der Waals surface area contributed by atoms with Crippen LogP contribution in [0, 0.1) is 10.1 Å². The molecular formula is C12H15N3O4. The fourth-order valence-electron chi connectivity index (χ4n) is 2.77. The monoisotopic (exact) mass is 265 g/mol. The van der Waals surface area contributed by atoms with E-state index in [0.29, 0.717) is 48.8 Å². The highest BCUT2D eigenvalue weighted by Gasteiger charge is 2.35. The van der Waals surface area contributed by atoms with Crippen LogP contribution in [0.15, 0.2) is 0 Å². The summed E-state index contributed by atoms with van der Waals surface area (Å²) in [7, 11) is 0. The molecule has 1 aromatic rings. The fraction of sp³-hybridized carbons (Fsp3) is 0.500. The zero-order valence-electron chi connectivity index (χ0n) is 10.4. The number of nitro benzene ring substituents is 1. The van der Waals surface area contributed by atoms with Crippen LogP contribution in [-0.2, 0) is 12.8 Å². The highest BCUT2D eigenvalue weighted by atomic mass is 16.6. The van der Waals surface area contributed by atoms with Crippen LogP contribution in [0.3, 0.4) is 0 Å². The predicted octanol–water partition coefficient (Wildman–Crippen LogP) is 1.53. The van der Waals surface area contributed by atoms with E-state index in [2.05, 4.69) is 5.43 Å². The molecule has 19 heavy (non-hydrogen) atoms. The van der Waals surface area contributed by atoms with Crippen molar-refractivity contribution in [1.29, 1.82) is 0 Å². The number of fused-ring (bicyclic) bond motifs is 2. The molecule has 3 rings (SSSR count). The number of nitrogens with two attached hydrogens (primary N) is 1. The smallest absolute Gasteiger partial charge is 0.318 e. The zero-order valence-corrected chi connectivity index (χ0v) is 10.4. The second-order valence-electron chi connectivity index (χ2n) is 4.64. The molecule has 102 valence electrons. The summed E-state index contributed by atoms with van der Waals surface area (Å²) in [6.07, 6.45) is 2.89. The molecule has 0 bridgehead atoms. The molecule has 0 radical (unpaired) electrons. The number of nitrogens with one attached hydrogen (secondary N) is 1. The number of anilines is 1. The topological polar surface area (TPSA) is 99.7 Å². The van der Waals surface area contributed by atoms with Gasteiger partial charge in [0.2, 0.25) is 5.75 Å². The third-order valence-electron chi connectivity index (χ3n) is 3.54. The lowest BCUT2D eigenvalue weighted by Gasteiger charge is -2.26. The normalized spacial score (nSPS) is 16.7. The van der Waals surface area contributed by atoms with E-state index in [1.165, 1.54) is 0 Å². The van der Waals surface area contributed by atoms with E-state index in [9.17, 15) is 10.1 Å². The van der Waals surface area contributed by atoms with Gasteiger partial charge in [-0.15, -0.1) is 0 Å². The second-order valence-corrected chi connectivity index (χ2v) is 4.64. The molecule has 2 aliphatic heterocycles. The SMILES string of the molecule is NNc1c2c(c([N+](=O)[O-])c3c1OCCC3)OCCC2. The van der Waals surface area contributed by atoms with Gasteiger partial charge in [-0.3, -0.25) is 16.0 Å². The van der Waals surface area contributed by atoms with Gasteiger partial charge in [-0.05, 0) is 25.7 Å². The van der Waals surface area contributed by atoms with Crippen LogP contribution >= 0.6 is 0 Å². The maximum Gasteiger partial charge on any atom is 0.318 e. The number of nitrogen functional groups attached to an aromatic ring is 1. The van der Waals surface area contributed by atoms with Gasteiger partial charge in [0.25, 0.3) is 0 Å². The van der Waals surface area contributed by atoms with Gasteiger partial charge in [0.05, 0.1) is 29.4 Å². The number of rotatable bonds is 2. The van der Waals surface area contributed by atoms with E-state index in [4.69, 9.17) is 15.3 Å². The molecule has 0 spiro atoms. The van der Waals surface area contributed by atoms with Crippen molar-refractivity contribution >= 4 is 11.4 Å². The summed E-state index contributed by atoms with van der Waals surface area (Å²) in [6.45, 7) is 1.05. The van der Waals surface area contributed by atoms with Gasteiger partial charge in [0.1, 0.15) is 0 Å². The van der Waals surface area contributed by atoms with E-state index in [1.807, 2.05) is 0 Å². The predicted molar refractivity (Wildman–Crippen MR) is 68.5 cm³/mol. The molecule has 0 fully saturated rings. The van der Waals surface area contributed by atoms with Gasteiger partial charge in [-0.1, -0.05) is 0 Å². The van der Waals surface area contributed by atoms with Crippen molar-refractivity contribution in [2.75, 3.05) is 18.6 Å². The third kappa shape index (κ3) is 1.77. The van der Waals surface area contributed by atoms with Crippen LogP contribution in [0.25, 0.3) is 0 Å². The Kier molecular flexibility index (Phi) is 2.90. The number of nitro groups is 1. The number of hydrogen-bond donors (Lipinski definition) is 2. The van der Waals surface area contributed by atoms with Crippen LogP contribution in [-0.4, -0.2) is 18.1 Å². The number of benzene rings is 1. The summed E-state index contributed by atoms with van der Waals surface area (Å²) in [5, 5.41) is 11.4. The van der Waals surface area contributed by atoms with Crippen LogP contribution in [0.2, 0.25) is 0 Å². The van der Waals surface area contributed by atoms with Crippen molar-refractivity contribution < 1.29 is 14.4 Å². The van der Waals surface area contributed by atoms with Crippen molar-refractivity contribution in [3.8, 4) is 11.5 Å². The summed E-state index contributed by atoms with van der Waals surface area (Å²) in [5.74, 6) is 6.44. The minimum atomic E-state index is -0.377. The van der Waals surface area contributed by atoms with Crippen LogP contribution in [0.1, 0.15) is 24.0 Å². The van der Waals surface area contributed by atoms with Crippen LogP contribution in [0.4, 0.5) is 11.4 Å².